The molecule has 4 saturated carbocycles. The van der Waals surface area contributed by atoms with Crippen molar-refractivity contribution in [2.45, 2.75) is 43.9 Å². The number of carbonyl (C=O) groups is 1. The molecule has 3 aromatic carbocycles. The quantitative estimate of drug-likeness (QED) is 0.479. The lowest BCUT2D eigenvalue weighted by atomic mass is 9.48. The highest BCUT2D eigenvalue weighted by Crippen LogP contribution is 2.62. The first-order valence-corrected chi connectivity index (χ1v) is 11.8. The SMILES string of the molecule is O=C(O)c1ccc(-c2ccc(-c3ccc(O)c(C45CC6CC(CC(C6)C4)C5)c3)cc2)cc1. The predicted molar refractivity (Wildman–Crippen MR) is 126 cm³/mol. The second kappa shape index (κ2) is 7.23. The third kappa shape index (κ3) is 3.23. The van der Waals surface area contributed by atoms with Gasteiger partial charge in [0.05, 0.1) is 5.56 Å². The van der Waals surface area contributed by atoms with Crippen LogP contribution in [-0.4, -0.2) is 16.2 Å². The van der Waals surface area contributed by atoms with E-state index in [0.29, 0.717) is 11.3 Å². The van der Waals surface area contributed by atoms with E-state index in [1.54, 1.807) is 12.1 Å². The number of hydrogen-bond acceptors (Lipinski definition) is 2. The fraction of sp³-hybridized carbons (Fsp3) is 0.345. The molecule has 162 valence electrons. The summed E-state index contributed by atoms with van der Waals surface area (Å²) in [6.45, 7) is 0. The van der Waals surface area contributed by atoms with Crippen LogP contribution in [0.2, 0.25) is 0 Å². The van der Waals surface area contributed by atoms with Gasteiger partial charge in [0.1, 0.15) is 5.75 Å². The van der Waals surface area contributed by atoms with Crippen LogP contribution in [0.25, 0.3) is 22.3 Å². The van der Waals surface area contributed by atoms with Gasteiger partial charge in [-0.25, -0.2) is 4.79 Å². The summed E-state index contributed by atoms with van der Waals surface area (Å²) in [4.78, 5) is 11.1. The van der Waals surface area contributed by atoms with Crippen LogP contribution < -0.4 is 0 Å². The molecule has 4 aliphatic carbocycles. The molecule has 0 aromatic heterocycles. The Kier molecular flexibility index (Phi) is 4.43. The van der Waals surface area contributed by atoms with Crippen LogP contribution in [0.15, 0.2) is 66.7 Å². The first-order chi connectivity index (χ1) is 15.5. The summed E-state index contributed by atoms with van der Waals surface area (Å²) in [6, 6.07) is 21.6. The van der Waals surface area contributed by atoms with Crippen molar-refractivity contribution in [1.82, 2.24) is 0 Å². The summed E-state index contributed by atoms with van der Waals surface area (Å²) in [5.41, 5.74) is 5.99. The van der Waals surface area contributed by atoms with Crippen LogP contribution in [0.4, 0.5) is 0 Å². The van der Waals surface area contributed by atoms with Gasteiger partial charge in [0.2, 0.25) is 0 Å². The second-order valence-corrected chi connectivity index (χ2v) is 10.4. The third-order valence-electron chi connectivity index (χ3n) is 8.29. The Balaban J connectivity index is 1.31. The van der Waals surface area contributed by atoms with E-state index in [9.17, 15) is 9.90 Å². The molecular formula is C29H28O3. The van der Waals surface area contributed by atoms with E-state index < -0.39 is 5.97 Å². The Morgan fingerprint density at radius 3 is 1.62 bits per heavy atom. The molecule has 0 atom stereocenters. The molecule has 3 heteroatoms. The zero-order chi connectivity index (χ0) is 21.9. The lowest BCUT2D eigenvalue weighted by Crippen LogP contribution is -2.48. The Morgan fingerprint density at radius 1 is 0.688 bits per heavy atom. The Hall–Kier alpha value is -3.07. The highest BCUT2D eigenvalue weighted by atomic mass is 16.4. The number of phenolic OH excluding ortho intramolecular Hbond substituents is 1. The van der Waals surface area contributed by atoms with E-state index in [1.165, 1.54) is 44.1 Å². The van der Waals surface area contributed by atoms with Crippen LogP contribution >= 0.6 is 0 Å². The predicted octanol–water partition coefficient (Wildman–Crippen LogP) is 6.89. The smallest absolute Gasteiger partial charge is 0.335 e. The molecule has 0 amide bonds. The molecular weight excluding hydrogens is 396 g/mol. The Morgan fingerprint density at radius 2 is 1.12 bits per heavy atom. The lowest BCUT2D eigenvalue weighted by Gasteiger charge is -2.57. The van der Waals surface area contributed by atoms with Gasteiger partial charge in [0.15, 0.2) is 0 Å². The summed E-state index contributed by atoms with van der Waals surface area (Å²) in [7, 11) is 0. The Labute approximate surface area is 188 Å². The van der Waals surface area contributed by atoms with E-state index in [2.05, 4.69) is 30.3 Å². The number of benzene rings is 3. The fourth-order valence-corrected chi connectivity index (χ4v) is 7.24. The molecule has 4 aliphatic rings. The van der Waals surface area contributed by atoms with Gasteiger partial charge in [0.25, 0.3) is 0 Å². The van der Waals surface area contributed by atoms with Crippen LogP contribution in [0.3, 0.4) is 0 Å². The topological polar surface area (TPSA) is 57.5 Å². The van der Waals surface area contributed by atoms with Gasteiger partial charge in [0, 0.05) is 5.56 Å². The number of phenols is 1. The van der Waals surface area contributed by atoms with E-state index in [1.807, 2.05) is 24.3 Å². The summed E-state index contributed by atoms with van der Waals surface area (Å²) in [5, 5.41) is 20.0. The molecule has 0 aliphatic heterocycles. The van der Waals surface area contributed by atoms with Crippen molar-refractivity contribution in [3.63, 3.8) is 0 Å². The van der Waals surface area contributed by atoms with E-state index in [-0.39, 0.29) is 5.41 Å². The van der Waals surface area contributed by atoms with Crippen molar-refractivity contribution in [1.29, 1.82) is 0 Å². The maximum atomic E-state index is 11.1. The van der Waals surface area contributed by atoms with E-state index >= 15 is 0 Å². The Bertz CT molecular complexity index is 1140. The van der Waals surface area contributed by atoms with Crippen molar-refractivity contribution >= 4 is 5.97 Å². The van der Waals surface area contributed by atoms with Crippen LogP contribution in [-0.2, 0) is 5.41 Å². The normalized spacial score (nSPS) is 28.1. The molecule has 0 heterocycles. The highest BCUT2D eigenvalue weighted by molar-refractivity contribution is 5.88. The average molecular weight is 425 g/mol. The molecule has 3 nitrogen and oxygen atoms in total. The second-order valence-electron chi connectivity index (χ2n) is 10.4. The standard InChI is InChI=1S/C29H28O3/c30-27-10-9-25(14-26(27)29-15-18-11-19(16-29)13-20(12-18)17-29)23-3-1-21(2-4-23)22-5-7-24(8-6-22)28(31)32/h1-10,14,18-20,30H,11-13,15-17H2,(H,31,32). The lowest BCUT2D eigenvalue weighted by molar-refractivity contribution is -0.00611. The molecule has 0 unspecified atom stereocenters. The van der Waals surface area contributed by atoms with Gasteiger partial charge in [-0.1, -0.05) is 42.5 Å². The maximum absolute atomic E-state index is 11.1. The van der Waals surface area contributed by atoms with E-state index in [4.69, 9.17) is 5.11 Å². The van der Waals surface area contributed by atoms with Gasteiger partial charge in [-0.05, 0) is 108 Å². The number of carboxylic acids is 1. The number of carboxylic acid groups (broad SMARTS) is 1. The zero-order valence-corrected chi connectivity index (χ0v) is 18.1. The summed E-state index contributed by atoms with van der Waals surface area (Å²) >= 11 is 0. The summed E-state index contributed by atoms with van der Waals surface area (Å²) in [6.07, 6.45) is 7.90. The first kappa shape index (κ1) is 19.6. The average Bonchev–Trinajstić information content (AvgIpc) is 2.79. The van der Waals surface area contributed by atoms with Crippen LogP contribution in [0.5, 0.6) is 5.75 Å². The first-order valence-electron chi connectivity index (χ1n) is 11.8. The highest BCUT2D eigenvalue weighted by Gasteiger charge is 2.52. The fourth-order valence-electron chi connectivity index (χ4n) is 7.24. The van der Waals surface area contributed by atoms with Crippen LogP contribution in [0.1, 0.15) is 54.4 Å². The van der Waals surface area contributed by atoms with Crippen LogP contribution in [0, 0.1) is 17.8 Å². The summed E-state index contributed by atoms with van der Waals surface area (Å²) < 4.78 is 0. The monoisotopic (exact) mass is 424 g/mol. The zero-order valence-electron chi connectivity index (χ0n) is 18.1. The minimum absolute atomic E-state index is 0.167. The minimum atomic E-state index is -0.908. The molecule has 7 rings (SSSR count). The van der Waals surface area contributed by atoms with Gasteiger partial charge in [-0.15, -0.1) is 0 Å². The molecule has 4 bridgehead atoms. The largest absolute Gasteiger partial charge is 0.508 e. The number of hydrogen-bond donors (Lipinski definition) is 2. The number of aromatic carboxylic acids is 1. The molecule has 0 radical (unpaired) electrons. The third-order valence-corrected chi connectivity index (χ3v) is 8.29. The molecule has 32 heavy (non-hydrogen) atoms. The molecule has 4 fully saturated rings. The van der Waals surface area contributed by atoms with E-state index in [0.717, 1.165) is 40.0 Å². The van der Waals surface area contributed by atoms with Crippen molar-refractivity contribution in [3.05, 3.63) is 77.9 Å². The maximum Gasteiger partial charge on any atom is 0.335 e. The van der Waals surface area contributed by atoms with Gasteiger partial charge in [-0.3, -0.25) is 0 Å². The van der Waals surface area contributed by atoms with Gasteiger partial charge >= 0.3 is 5.97 Å². The van der Waals surface area contributed by atoms with Gasteiger partial charge < -0.3 is 10.2 Å². The molecule has 2 N–H and O–H groups in total. The summed E-state index contributed by atoms with van der Waals surface area (Å²) in [5.74, 6) is 2.09. The van der Waals surface area contributed by atoms with Crippen molar-refractivity contribution < 1.29 is 15.0 Å². The van der Waals surface area contributed by atoms with Crippen molar-refractivity contribution in [2.24, 2.45) is 17.8 Å². The van der Waals surface area contributed by atoms with Crippen molar-refractivity contribution in [3.8, 4) is 28.0 Å². The van der Waals surface area contributed by atoms with Gasteiger partial charge in [-0.2, -0.15) is 0 Å². The number of aromatic hydroxyl groups is 1. The molecule has 0 saturated heterocycles. The van der Waals surface area contributed by atoms with Crippen molar-refractivity contribution in [2.75, 3.05) is 0 Å². The minimum Gasteiger partial charge on any atom is -0.508 e. The molecule has 3 aromatic rings. The number of rotatable bonds is 4. The molecule has 0 spiro atoms.